The molecule has 0 bridgehead atoms. The van der Waals surface area contributed by atoms with E-state index in [0.29, 0.717) is 37.4 Å². The highest BCUT2D eigenvalue weighted by Crippen LogP contribution is 2.30. The van der Waals surface area contributed by atoms with E-state index in [4.69, 9.17) is 10.7 Å². The minimum absolute atomic E-state index is 0.00899. The predicted molar refractivity (Wildman–Crippen MR) is 133 cm³/mol. The molecule has 12 heteroatoms. The number of hydrogen-bond acceptors (Lipinski definition) is 8. The van der Waals surface area contributed by atoms with Crippen molar-refractivity contribution in [3.05, 3.63) is 47.8 Å². The van der Waals surface area contributed by atoms with Crippen LogP contribution in [0.2, 0.25) is 0 Å². The average molecular weight is 499 g/mol. The lowest BCUT2D eigenvalue weighted by atomic mass is 10.00. The van der Waals surface area contributed by atoms with Gasteiger partial charge in [0.15, 0.2) is 0 Å². The normalized spacial score (nSPS) is 20.9. The molecule has 2 aromatic heterocycles. The first-order valence-corrected chi connectivity index (χ1v) is 13.5. The number of amides is 1. The Balaban J connectivity index is 1.34. The summed E-state index contributed by atoms with van der Waals surface area (Å²) in [5, 5.41) is 11.5. The Labute approximate surface area is 204 Å². The second-order valence-electron chi connectivity index (χ2n) is 9.14. The van der Waals surface area contributed by atoms with Crippen LogP contribution < -0.4 is 11.1 Å². The van der Waals surface area contributed by atoms with Gasteiger partial charge in [-0.1, -0.05) is 12.1 Å². The van der Waals surface area contributed by atoms with Crippen LogP contribution in [0, 0.1) is 0 Å². The van der Waals surface area contributed by atoms with Crippen molar-refractivity contribution in [3.8, 4) is 11.3 Å². The van der Waals surface area contributed by atoms with E-state index in [1.54, 1.807) is 12.3 Å². The van der Waals surface area contributed by atoms with Crippen molar-refractivity contribution < 1.29 is 13.2 Å². The number of H-pyrrole nitrogens is 1. The quantitative estimate of drug-likeness (QED) is 0.438. The zero-order chi connectivity index (χ0) is 24.6. The summed E-state index contributed by atoms with van der Waals surface area (Å²) >= 11 is 0. The zero-order valence-corrected chi connectivity index (χ0v) is 20.5. The Morgan fingerprint density at radius 2 is 1.91 bits per heavy atom. The predicted octanol–water partition coefficient (Wildman–Crippen LogP) is 0.205. The number of carbonyl (C=O) groups excluding carboxylic acids is 1. The number of piperazine rings is 2. The number of carbonyl (C=O) groups is 1. The summed E-state index contributed by atoms with van der Waals surface area (Å²) < 4.78 is 25.1. The molecule has 0 radical (unpaired) electrons. The third kappa shape index (κ3) is 5.07. The number of rotatable bonds is 6. The van der Waals surface area contributed by atoms with Gasteiger partial charge in [0, 0.05) is 56.8 Å². The molecule has 1 aromatic carbocycles. The molecule has 2 aliphatic rings. The molecular formula is C23H30N8O3S. The van der Waals surface area contributed by atoms with Crippen molar-refractivity contribution in [2.45, 2.75) is 6.04 Å². The Hall–Kier alpha value is -2.90. The summed E-state index contributed by atoms with van der Waals surface area (Å²) in [6.45, 7) is 5.70. The van der Waals surface area contributed by atoms with E-state index in [0.717, 1.165) is 48.5 Å². The number of fused-ring (bicyclic) bond motifs is 1. The van der Waals surface area contributed by atoms with Crippen molar-refractivity contribution in [1.82, 2.24) is 34.6 Å². The SMILES string of the molecule is CS(=O)(=O)N1CCN(CN2CCNC(c3ccc(C(N)=O)c(-c4cccc5[nH]ncc45)n3)C2)CC1. The maximum atomic E-state index is 12.2. The van der Waals surface area contributed by atoms with Gasteiger partial charge >= 0.3 is 0 Å². The minimum Gasteiger partial charge on any atom is -0.366 e. The smallest absolute Gasteiger partial charge is 0.250 e. The summed E-state index contributed by atoms with van der Waals surface area (Å²) in [6.07, 6.45) is 3.00. The number of nitrogens with zero attached hydrogens (tertiary/aromatic N) is 5. The lowest BCUT2D eigenvalue weighted by Gasteiger charge is -2.39. The van der Waals surface area contributed by atoms with Crippen LogP contribution in [0.15, 0.2) is 36.5 Å². The first-order chi connectivity index (χ1) is 16.8. The summed E-state index contributed by atoms with van der Waals surface area (Å²) in [6, 6.07) is 9.36. The molecule has 11 nitrogen and oxygen atoms in total. The van der Waals surface area contributed by atoms with Crippen LogP contribution >= 0.6 is 0 Å². The van der Waals surface area contributed by atoms with Crippen LogP contribution in [0.5, 0.6) is 0 Å². The van der Waals surface area contributed by atoms with E-state index in [1.165, 1.54) is 10.6 Å². The molecule has 5 rings (SSSR count). The van der Waals surface area contributed by atoms with Gasteiger partial charge in [0.25, 0.3) is 5.91 Å². The number of sulfonamides is 1. The number of nitrogens with one attached hydrogen (secondary N) is 2. The van der Waals surface area contributed by atoms with Crippen molar-refractivity contribution in [1.29, 1.82) is 0 Å². The highest BCUT2D eigenvalue weighted by molar-refractivity contribution is 7.88. The number of pyridine rings is 1. The second-order valence-corrected chi connectivity index (χ2v) is 11.1. The van der Waals surface area contributed by atoms with Crippen LogP contribution in [0.1, 0.15) is 22.1 Å². The number of benzene rings is 1. The number of primary amides is 1. The van der Waals surface area contributed by atoms with Gasteiger partial charge in [-0.25, -0.2) is 8.42 Å². The Kier molecular flexibility index (Phi) is 6.55. The maximum Gasteiger partial charge on any atom is 0.250 e. The van der Waals surface area contributed by atoms with Crippen LogP contribution in [0.25, 0.3) is 22.2 Å². The molecule has 2 saturated heterocycles. The van der Waals surface area contributed by atoms with Crippen molar-refractivity contribution in [2.24, 2.45) is 5.73 Å². The summed E-state index contributed by atoms with van der Waals surface area (Å²) in [5.74, 6) is -0.522. The monoisotopic (exact) mass is 498 g/mol. The lowest BCUT2D eigenvalue weighted by molar-refractivity contribution is 0.0783. The first-order valence-electron chi connectivity index (χ1n) is 11.7. The minimum atomic E-state index is -3.14. The largest absolute Gasteiger partial charge is 0.366 e. The van der Waals surface area contributed by atoms with Crippen molar-refractivity contribution in [3.63, 3.8) is 0 Å². The van der Waals surface area contributed by atoms with Gasteiger partial charge in [-0.15, -0.1) is 0 Å². The molecule has 186 valence electrons. The molecule has 4 N–H and O–H groups in total. The summed E-state index contributed by atoms with van der Waals surface area (Å²) in [5.41, 5.74) is 9.13. The van der Waals surface area contributed by atoms with Gasteiger partial charge in [0.1, 0.15) is 0 Å². The number of aromatic nitrogens is 3. The topological polar surface area (TPSA) is 141 Å². The van der Waals surface area contributed by atoms with E-state index in [2.05, 4.69) is 25.3 Å². The van der Waals surface area contributed by atoms with Gasteiger partial charge in [0.05, 0.1) is 47.6 Å². The zero-order valence-electron chi connectivity index (χ0n) is 19.6. The van der Waals surface area contributed by atoms with E-state index < -0.39 is 15.9 Å². The summed E-state index contributed by atoms with van der Waals surface area (Å²) in [7, 11) is -3.14. The molecule has 2 aliphatic heterocycles. The van der Waals surface area contributed by atoms with Crippen LogP contribution in [-0.4, -0.2) is 102 Å². The number of hydrogen-bond donors (Lipinski definition) is 3. The van der Waals surface area contributed by atoms with Gasteiger partial charge < -0.3 is 11.1 Å². The summed E-state index contributed by atoms with van der Waals surface area (Å²) in [4.78, 5) is 21.8. The molecule has 1 amide bonds. The third-order valence-corrected chi connectivity index (χ3v) is 8.04. The van der Waals surface area contributed by atoms with Gasteiger partial charge in [-0.05, 0) is 18.2 Å². The second kappa shape index (κ2) is 9.63. The van der Waals surface area contributed by atoms with Crippen molar-refractivity contribution >= 4 is 26.8 Å². The third-order valence-electron chi connectivity index (χ3n) is 6.74. The van der Waals surface area contributed by atoms with Crippen molar-refractivity contribution in [2.75, 3.05) is 58.7 Å². The van der Waals surface area contributed by atoms with Crippen LogP contribution in [-0.2, 0) is 10.0 Å². The fourth-order valence-corrected chi connectivity index (χ4v) is 5.70. The highest BCUT2D eigenvalue weighted by atomic mass is 32.2. The van der Waals surface area contributed by atoms with Crippen LogP contribution in [0.4, 0.5) is 0 Å². The molecule has 35 heavy (non-hydrogen) atoms. The molecule has 1 unspecified atom stereocenters. The molecule has 0 saturated carbocycles. The molecule has 0 aliphatic carbocycles. The molecular weight excluding hydrogens is 468 g/mol. The molecule has 0 spiro atoms. The van der Waals surface area contributed by atoms with E-state index in [9.17, 15) is 13.2 Å². The highest BCUT2D eigenvalue weighted by Gasteiger charge is 2.28. The van der Waals surface area contributed by atoms with E-state index in [-0.39, 0.29) is 6.04 Å². The Morgan fingerprint density at radius 1 is 1.11 bits per heavy atom. The molecule has 4 heterocycles. The maximum absolute atomic E-state index is 12.2. The fourth-order valence-electron chi connectivity index (χ4n) is 4.87. The standard InChI is InChI=1S/C23H30N8O3S/c1-35(33,34)31-11-9-29(10-12-31)15-30-8-7-25-21(14-30)20-6-5-17(23(24)32)22(27-20)16-3-2-4-19-18(16)13-26-28-19/h2-6,13,21,25H,7-12,14-15H2,1H3,(H2,24,32)(H,26,28). The van der Waals surface area contributed by atoms with E-state index >= 15 is 0 Å². The lowest BCUT2D eigenvalue weighted by Crippen LogP contribution is -2.54. The molecule has 3 aromatic rings. The molecule has 1 atom stereocenters. The number of aromatic amines is 1. The average Bonchev–Trinajstić information content (AvgIpc) is 3.33. The first kappa shape index (κ1) is 23.8. The van der Waals surface area contributed by atoms with Crippen LogP contribution in [0.3, 0.4) is 0 Å². The Bertz CT molecular complexity index is 1330. The number of nitrogens with two attached hydrogens (primary N) is 1. The Morgan fingerprint density at radius 3 is 2.66 bits per heavy atom. The molecule has 2 fully saturated rings. The van der Waals surface area contributed by atoms with Gasteiger partial charge in [-0.2, -0.15) is 9.40 Å². The van der Waals surface area contributed by atoms with E-state index in [1.807, 2.05) is 24.3 Å². The van der Waals surface area contributed by atoms with Gasteiger partial charge in [0.2, 0.25) is 10.0 Å². The fraction of sp³-hybridized carbons (Fsp3) is 0.435. The van der Waals surface area contributed by atoms with Gasteiger partial charge in [-0.3, -0.25) is 24.7 Å².